The predicted octanol–water partition coefficient (Wildman–Crippen LogP) is 1.16. The summed E-state index contributed by atoms with van der Waals surface area (Å²) in [5.41, 5.74) is 1.48. The van der Waals surface area contributed by atoms with Gasteiger partial charge < -0.3 is 25.1 Å². The van der Waals surface area contributed by atoms with Crippen molar-refractivity contribution in [2.24, 2.45) is 0 Å². The van der Waals surface area contributed by atoms with Gasteiger partial charge in [0.2, 0.25) is 5.91 Å². The van der Waals surface area contributed by atoms with Crippen molar-refractivity contribution in [2.45, 2.75) is 19.4 Å². The number of furan rings is 1. The third-order valence-corrected chi connectivity index (χ3v) is 4.55. The number of nitrogens with zero attached hydrogens (tertiary/aromatic N) is 1. The lowest BCUT2D eigenvalue weighted by molar-refractivity contribution is -0.128. The number of nitrogens with one attached hydrogen (secondary N) is 2. The standard InChI is InChI=1S/C19H21N3O5/c1-12-13(19(26)22-9-8-20-17(24)15(22)7-10-23)4-2-5-14(12)21-18(25)16-6-3-11-27-16/h2-6,11,15,23H,7-10H2,1H3,(H,20,24)(H,21,25). The molecule has 0 saturated carbocycles. The minimum Gasteiger partial charge on any atom is -0.459 e. The average Bonchev–Trinajstić information content (AvgIpc) is 3.19. The van der Waals surface area contributed by atoms with Crippen LogP contribution in [0.25, 0.3) is 0 Å². The average molecular weight is 371 g/mol. The van der Waals surface area contributed by atoms with Gasteiger partial charge in [0.15, 0.2) is 5.76 Å². The Kier molecular flexibility index (Phi) is 5.56. The van der Waals surface area contributed by atoms with Gasteiger partial charge in [0.05, 0.1) is 6.26 Å². The van der Waals surface area contributed by atoms with Crippen LogP contribution in [0.5, 0.6) is 0 Å². The van der Waals surface area contributed by atoms with Gasteiger partial charge in [-0.25, -0.2) is 0 Å². The van der Waals surface area contributed by atoms with Crippen molar-refractivity contribution >= 4 is 23.4 Å². The maximum absolute atomic E-state index is 13.1. The molecule has 0 aliphatic carbocycles. The Balaban J connectivity index is 1.85. The van der Waals surface area contributed by atoms with E-state index in [9.17, 15) is 19.5 Å². The fourth-order valence-corrected chi connectivity index (χ4v) is 3.12. The Morgan fingerprint density at radius 2 is 2.15 bits per heavy atom. The molecule has 3 rings (SSSR count). The topological polar surface area (TPSA) is 112 Å². The molecule has 1 aliphatic rings. The number of hydrogen-bond acceptors (Lipinski definition) is 5. The summed E-state index contributed by atoms with van der Waals surface area (Å²) in [6, 6.07) is 7.47. The van der Waals surface area contributed by atoms with Gasteiger partial charge in [0.1, 0.15) is 6.04 Å². The number of aliphatic hydroxyl groups excluding tert-OH is 1. The van der Waals surface area contributed by atoms with Gasteiger partial charge in [-0.2, -0.15) is 0 Å². The highest BCUT2D eigenvalue weighted by Crippen LogP contribution is 2.23. The fourth-order valence-electron chi connectivity index (χ4n) is 3.12. The molecule has 142 valence electrons. The normalized spacial score (nSPS) is 16.7. The van der Waals surface area contributed by atoms with E-state index >= 15 is 0 Å². The molecule has 3 N–H and O–H groups in total. The summed E-state index contributed by atoms with van der Waals surface area (Å²) < 4.78 is 5.08. The highest BCUT2D eigenvalue weighted by Gasteiger charge is 2.33. The molecular formula is C19H21N3O5. The minimum absolute atomic E-state index is 0.168. The number of anilines is 1. The first-order valence-corrected chi connectivity index (χ1v) is 8.67. The molecule has 1 fully saturated rings. The Morgan fingerprint density at radius 1 is 1.33 bits per heavy atom. The van der Waals surface area contributed by atoms with Crippen molar-refractivity contribution in [3.8, 4) is 0 Å². The van der Waals surface area contributed by atoms with Crippen LogP contribution in [0, 0.1) is 6.92 Å². The van der Waals surface area contributed by atoms with E-state index in [0.717, 1.165) is 0 Å². The lowest BCUT2D eigenvalue weighted by Gasteiger charge is -2.35. The van der Waals surface area contributed by atoms with Gasteiger partial charge in [-0.15, -0.1) is 0 Å². The van der Waals surface area contributed by atoms with Crippen LogP contribution < -0.4 is 10.6 Å². The molecular weight excluding hydrogens is 350 g/mol. The molecule has 3 amide bonds. The summed E-state index contributed by atoms with van der Waals surface area (Å²) in [4.78, 5) is 38.8. The smallest absolute Gasteiger partial charge is 0.291 e. The molecule has 1 aromatic carbocycles. The molecule has 2 heterocycles. The highest BCUT2D eigenvalue weighted by atomic mass is 16.3. The molecule has 1 saturated heterocycles. The lowest BCUT2D eigenvalue weighted by atomic mass is 10.0. The molecule has 0 spiro atoms. The summed E-state index contributed by atoms with van der Waals surface area (Å²) in [5, 5.41) is 14.7. The number of benzene rings is 1. The molecule has 1 aliphatic heterocycles. The molecule has 1 unspecified atom stereocenters. The first-order chi connectivity index (χ1) is 13.0. The van der Waals surface area contributed by atoms with E-state index in [2.05, 4.69) is 10.6 Å². The van der Waals surface area contributed by atoms with Gasteiger partial charge in [-0.1, -0.05) is 6.07 Å². The SMILES string of the molecule is Cc1c(NC(=O)c2ccco2)cccc1C(=O)N1CCNC(=O)C1CCO. The van der Waals surface area contributed by atoms with E-state index in [1.54, 1.807) is 37.3 Å². The molecule has 8 nitrogen and oxygen atoms in total. The summed E-state index contributed by atoms with van der Waals surface area (Å²) in [5.74, 6) is -0.830. The Labute approximate surface area is 156 Å². The van der Waals surface area contributed by atoms with Crippen LogP contribution in [0.2, 0.25) is 0 Å². The molecule has 27 heavy (non-hydrogen) atoms. The molecule has 0 bridgehead atoms. The monoisotopic (exact) mass is 371 g/mol. The number of amides is 3. The van der Waals surface area contributed by atoms with Crippen molar-refractivity contribution in [3.63, 3.8) is 0 Å². The first kappa shape index (κ1) is 18.7. The van der Waals surface area contributed by atoms with Crippen molar-refractivity contribution in [3.05, 3.63) is 53.5 Å². The number of carbonyl (C=O) groups is 3. The highest BCUT2D eigenvalue weighted by molar-refractivity contribution is 6.05. The Hall–Kier alpha value is -3.13. The maximum Gasteiger partial charge on any atom is 0.291 e. The van der Waals surface area contributed by atoms with E-state index in [1.807, 2.05) is 0 Å². The van der Waals surface area contributed by atoms with Crippen LogP contribution in [0.3, 0.4) is 0 Å². The van der Waals surface area contributed by atoms with Gasteiger partial charge in [-0.3, -0.25) is 14.4 Å². The number of rotatable bonds is 5. The van der Waals surface area contributed by atoms with Crippen molar-refractivity contribution < 1.29 is 23.9 Å². The number of piperazine rings is 1. The number of hydrogen-bond donors (Lipinski definition) is 3. The Bertz CT molecular complexity index is 847. The third-order valence-electron chi connectivity index (χ3n) is 4.55. The summed E-state index contributed by atoms with van der Waals surface area (Å²) in [7, 11) is 0. The van der Waals surface area contributed by atoms with E-state index in [0.29, 0.717) is 29.9 Å². The zero-order chi connectivity index (χ0) is 19.4. The molecule has 1 aromatic heterocycles. The van der Waals surface area contributed by atoms with E-state index in [4.69, 9.17) is 4.42 Å². The number of aliphatic hydroxyl groups is 1. The summed E-state index contributed by atoms with van der Waals surface area (Å²) >= 11 is 0. The third kappa shape index (κ3) is 3.85. The molecule has 8 heteroatoms. The van der Waals surface area contributed by atoms with Crippen LogP contribution in [0.15, 0.2) is 41.0 Å². The largest absolute Gasteiger partial charge is 0.459 e. The van der Waals surface area contributed by atoms with Crippen molar-refractivity contribution in [1.82, 2.24) is 10.2 Å². The first-order valence-electron chi connectivity index (χ1n) is 8.67. The lowest BCUT2D eigenvalue weighted by Crippen LogP contribution is -2.57. The van der Waals surface area contributed by atoms with Gasteiger partial charge >= 0.3 is 0 Å². The maximum atomic E-state index is 13.1. The van der Waals surface area contributed by atoms with Gasteiger partial charge in [0, 0.05) is 30.9 Å². The Morgan fingerprint density at radius 3 is 2.85 bits per heavy atom. The second kappa shape index (κ2) is 8.05. The van der Waals surface area contributed by atoms with Crippen molar-refractivity contribution in [1.29, 1.82) is 0 Å². The van der Waals surface area contributed by atoms with Gasteiger partial charge in [0.25, 0.3) is 11.8 Å². The number of carbonyl (C=O) groups excluding carboxylic acids is 3. The molecule has 1 atom stereocenters. The molecule has 2 aromatic rings. The zero-order valence-electron chi connectivity index (χ0n) is 14.9. The zero-order valence-corrected chi connectivity index (χ0v) is 14.9. The minimum atomic E-state index is -0.711. The summed E-state index contributed by atoms with van der Waals surface area (Å²) in [6.07, 6.45) is 1.58. The molecule has 0 radical (unpaired) electrons. The van der Waals surface area contributed by atoms with E-state index < -0.39 is 11.9 Å². The van der Waals surface area contributed by atoms with Crippen LogP contribution >= 0.6 is 0 Å². The fraction of sp³-hybridized carbons (Fsp3) is 0.316. The van der Waals surface area contributed by atoms with Crippen molar-refractivity contribution in [2.75, 3.05) is 25.0 Å². The van der Waals surface area contributed by atoms with Crippen LogP contribution in [-0.2, 0) is 4.79 Å². The quantitative estimate of drug-likeness (QED) is 0.730. The van der Waals surface area contributed by atoms with Crippen LogP contribution in [-0.4, -0.2) is 53.5 Å². The van der Waals surface area contributed by atoms with E-state index in [1.165, 1.54) is 11.2 Å². The second-order valence-electron chi connectivity index (χ2n) is 6.23. The second-order valence-corrected chi connectivity index (χ2v) is 6.23. The van der Waals surface area contributed by atoms with Crippen LogP contribution in [0.4, 0.5) is 5.69 Å². The predicted molar refractivity (Wildman–Crippen MR) is 97.4 cm³/mol. The van der Waals surface area contributed by atoms with E-state index in [-0.39, 0.29) is 30.6 Å². The van der Waals surface area contributed by atoms with Crippen LogP contribution in [0.1, 0.15) is 32.9 Å². The van der Waals surface area contributed by atoms with Gasteiger partial charge in [-0.05, 0) is 43.2 Å². The summed E-state index contributed by atoms with van der Waals surface area (Å²) in [6.45, 7) is 2.26.